The van der Waals surface area contributed by atoms with Crippen LogP contribution in [0.1, 0.15) is 24.4 Å². The Balaban J connectivity index is 1.53. The summed E-state index contributed by atoms with van der Waals surface area (Å²) in [5, 5.41) is 4.55. The molecule has 1 saturated heterocycles. The first-order chi connectivity index (χ1) is 12.7. The fraction of sp³-hybridized carbons (Fsp3) is 0.368. The number of nitrogens with zero attached hydrogens (tertiary/aromatic N) is 5. The number of aromatic nitrogens is 4. The van der Waals surface area contributed by atoms with Crippen LogP contribution in [0, 0.1) is 6.92 Å². The van der Waals surface area contributed by atoms with Crippen molar-refractivity contribution in [2.75, 3.05) is 6.54 Å². The minimum Gasteiger partial charge on any atom is -0.449 e. The SMILES string of the molecule is Cc1nc(CN2CCCC2Cn2nc(-c3cccnc3)ccc2=O)co1. The molecule has 26 heavy (non-hydrogen) atoms. The molecule has 3 aromatic rings. The van der Waals surface area contributed by atoms with E-state index in [1.54, 1.807) is 35.5 Å². The van der Waals surface area contributed by atoms with E-state index in [9.17, 15) is 4.79 Å². The number of aryl methyl sites for hydroxylation is 1. The summed E-state index contributed by atoms with van der Waals surface area (Å²) >= 11 is 0. The van der Waals surface area contributed by atoms with E-state index in [0.717, 1.165) is 42.9 Å². The van der Waals surface area contributed by atoms with Crippen LogP contribution in [0.25, 0.3) is 11.3 Å². The predicted molar refractivity (Wildman–Crippen MR) is 96.4 cm³/mol. The van der Waals surface area contributed by atoms with Gasteiger partial charge in [0, 0.05) is 43.5 Å². The molecule has 4 heterocycles. The van der Waals surface area contributed by atoms with Crippen LogP contribution in [-0.4, -0.2) is 37.2 Å². The summed E-state index contributed by atoms with van der Waals surface area (Å²) in [4.78, 5) is 23.2. The van der Waals surface area contributed by atoms with Gasteiger partial charge in [0.2, 0.25) is 0 Å². The molecule has 0 aromatic carbocycles. The van der Waals surface area contributed by atoms with Crippen LogP contribution in [0.3, 0.4) is 0 Å². The quantitative estimate of drug-likeness (QED) is 0.702. The predicted octanol–water partition coefficient (Wildman–Crippen LogP) is 2.27. The Morgan fingerprint density at radius 1 is 1.31 bits per heavy atom. The van der Waals surface area contributed by atoms with Gasteiger partial charge < -0.3 is 4.42 Å². The fourth-order valence-electron chi connectivity index (χ4n) is 3.45. The number of likely N-dealkylation sites (tertiary alicyclic amines) is 1. The molecular formula is C19H21N5O2. The van der Waals surface area contributed by atoms with E-state index < -0.39 is 0 Å². The number of hydrogen-bond donors (Lipinski definition) is 0. The van der Waals surface area contributed by atoms with Crippen LogP contribution in [0.15, 0.2) is 52.1 Å². The molecule has 0 N–H and O–H groups in total. The summed E-state index contributed by atoms with van der Waals surface area (Å²) in [6.45, 7) is 4.15. The van der Waals surface area contributed by atoms with E-state index in [1.165, 1.54) is 0 Å². The molecule has 1 fully saturated rings. The van der Waals surface area contributed by atoms with Gasteiger partial charge in [-0.2, -0.15) is 5.10 Å². The van der Waals surface area contributed by atoms with Gasteiger partial charge in [0.1, 0.15) is 6.26 Å². The van der Waals surface area contributed by atoms with Crippen molar-refractivity contribution in [3.05, 3.63) is 64.9 Å². The smallest absolute Gasteiger partial charge is 0.266 e. The van der Waals surface area contributed by atoms with Crippen molar-refractivity contribution in [3.63, 3.8) is 0 Å². The molecule has 1 unspecified atom stereocenters. The highest BCUT2D eigenvalue weighted by molar-refractivity contribution is 5.56. The maximum Gasteiger partial charge on any atom is 0.266 e. The van der Waals surface area contributed by atoms with E-state index in [0.29, 0.717) is 12.4 Å². The lowest BCUT2D eigenvalue weighted by Gasteiger charge is -2.23. The summed E-state index contributed by atoms with van der Waals surface area (Å²) in [7, 11) is 0. The van der Waals surface area contributed by atoms with Crippen molar-refractivity contribution in [2.24, 2.45) is 0 Å². The van der Waals surface area contributed by atoms with Gasteiger partial charge in [-0.25, -0.2) is 9.67 Å². The molecule has 3 aromatic heterocycles. The van der Waals surface area contributed by atoms with Gasteiger partial charge in [-0.3, -0.25) is 14.7 Å². The van der Waals surface area contributed by atoms with Crippen LogP contribution in [0.4, 0.5) is 0 Å². The minimum atomic E-state index is -0.0817. The molecule has 1 atom stereocenters. The van der Waals surface area contributed by atoms with Crippen molar-refractivity contribution in [1.82, 2.24) is 24.6 Å². The fourth-order valence-corrected chi connectivity index (χ4v) is 3.45. The average molecular weight is 351 g/mol. The first kappa shape index (κ1) is 16.7. The first-order valence-corrected chi connectivity index (χ1v) is 8.83. The summed E-state index contributed by atoms with van der Waals surface area (Å²) in [5.41, 5.74) is 2.51. The van der Waals surface area contributed by atoms with Crippen molar-refractivity contribution < 1.29 is 4.42 Å². The molecule has 7 heteroatoms. The minimum absolute atomic E-state index is 0.0817. The van der Waals surface area contributed by atoms with Crippen LogP contribution in [-0.2, 0) is 13.1 Å². The Bertz CT molecular complexity index is 934. The van der Waals surface area contributed by atoms with Crippen LogP contribution in [0.5, 0.6) is 0 Å². The lowest BCUT2D eigenvalue weighted by molar-refractivity contribution is 0.214. The van der Waals surface area contributed by atoms with Gasteiger partial charge in [0.25, 0.3) is 5.56 Å². The van der Waals surface area contributed by atoms with Crippen LogP contribution < -0.4 is 5.56 Å². The van der Waals surface area contributed by atoms with Crippen molar-refractivity contribution >= 4 is 0 Å². The summed E-state index contributed by atoms with van der Waals surface area (Å²) in [6.07, 6.45) is 7.34. The largest absolute Gasteiger partial charge is 0.449 e. The third-order valence-electron chi connectivity index (χ3n) is 4.74. The van der Waals surface area contributed by atoms with Crippen molar-refractivity contribution in [3.8, 4) is 11.3 Å². The molecular weight excluding hydrogens is 330 g/mol. The highest BCUT2D eigenvalue weighted by Crippen LogP contribution is 2.21. The second kappa shape index (κ2) is 7.21. The van der Waals surface area contributed by atoms with Gasteiger partial charge in [0.05, 0.1) is 17.9 Å². The zero-order chi connectivity index (χ0) is 17.9. The molecule has 0 amide bonds. The third-order valence-corrected chi connectivity index (χ3v) is 4.74. The highest BCUT2D eigenvalue weighted by Gasteiger charge is 2.26. The Morgan fingerprint density at radius 3 is 3.00 bits per heavy atom. The number of pyridine rings is 1. The molecule has 0 spiro atoms. The lowest BCUT2D eigenvalue weighted by Crippen LogP contribution is -2.36. The van der Waals surface area contributed by atoms with Gasteiger partial charge >= 0.3 is 0 Å². The van der Waals surface area contributed by atoms with Crippen LogP contribution in [0.2, 0.25) is 0 Å². The van der Waals surface area contributed by atoms with Gasteiger partial charge in [-0.1, -0.05) is 0 Å². The normalized spacial score (nSPS) is 17.7. The standard InChI is InChI=1S/C19H21N5O2/c1-14-21-16(13-26-14)11-23-9-3-5-17(23)12-24-19(25)7-6-18(22-24)15-4-2-8-20-10-15/h2,4,6-8,10,13,17H,3,5,9,11-12H2,1H3. The second-order valence-electron chi connectivity index (χ2n) is 6.61. The number of rotatable bonds is 5. The molecule has 1 aliphatic heterocycles. The molecule has 134 valence electrons. The number of oxazole rings is 1. The van der Waals surface area contributed by atoms with E-state index in [2.05, 4.69) is 20.0 Å². The highest BCUT2D eigenvalue weighted by atomic mass is 16.3. The van der Waals surface area contributed by atoms with Gasteiger partial charge in [-0.15, -0.1) is 0 Å². The molecule has 1 aliphatic rings. The maximum absolute atomic E-state index is 12.3. The Morgan fingerprint density at radius 2 is 2.23 bits per heavy atom. The van der Waals surface area contributed by atoms with E-state index in [4.69, 9.17) is 4.42 Å². The van der Waals surface area contributed by atoms with Crippen molar-refractivity contribution in [2.45, 2.75) is 38.9 Å². The zero-order valence-corrected chi connectivity index (χ0v) is 14.7. The molecule has 4 rings (SSSR count). The summed E-state index contributed by atoms with van der Waals surface area (Å²) in [6, 6.07) is 7.40. The molecule has 0 radical (unpaired) electrons. The van der Waals surface area contributed by atoms with E-state index in [-0.39, 0.29) is 11.6 Å². The van der Waals surface area contributed by atoms with Gasteiger partial charge in [0.15, 0.2) is 5.89 Å². The Hall–Kier alpha value is -2.80. The molecule has 0 bridgehead atoms. The topological polar surface area (TPSA) is 77.1 Å². The Labute approximate surface area is 151 Å². The van der Waals surface area contributed by atoms with Crippen molar-refractivity contribution in [1.29, 1.82) is 0 Å². The summed E-state index contributed by atoms with van der Waals surface area (Å²) in [5.74, 6) is 0.679. The molecule has 7 nitrogen and oxygen atoms in total. The monoisotopic (exact) mass is 351 g/mol. The van der Waals surface area contributed by atoms with E-state index >= 15 is 0 Å². The lowest BCUT2D eigenvalue weighted by atomic mass is 10.2. The van der Waals surface area contributed by atoms with Crippen LogP contribution >= 0.6 is 0 Å². The Kier molecular flexibility index (Phi) is 4.62. The summed E-state index contributed by atoms with van der Waals surface area (Å²) < 4.78 is 6.87. The molecule has 0 saturated carbocycles. The van der Waals surface area contributed by atoms with E-state index in [1.807, 2.05) is 19.1 Å². The third kappa shape index (κ3) is 3.57. The van der Waals surface area contributed by atoms with Gasteiger partial charge in [-0.05, 0) is 37.6 Å². The average Bonchev–Trinajstić information content (AvgIpc) is 3.27. The number of hydrogen-bond acceptors (Lipinski definition) is 6. The maximum atomic E-state index is 12.3. The first-order valence-electron chi connectivity index (χ1n) is 8.83. The molecule has 0 aliphatic carbocycles. The second-order valence-corrected chi connectivity index (χ2v) is 6.61. The zero-order valence-electron chi connectivity index (χ0n) is 14.7.